The molecular formula is C22H22FN3O4S2. The second kappa shape index (κ2) is 9.35. The van der Waals surface area contributed by atoms with Crippen molar-refractivity contribution in [1.82, 2.24) is 9.29 Å². The molecule has 2 heterocycles. The Morgan fingerprint density at radius 2 is 2.00 bits per heavy atom. The maximum Gasteiger partial charge on any atom is 0.244 e. The Balaban J connectivity index is 1.55. The Labute approximate surface area is 189 Å². The molecular weight excluding hydrogens is 453 g/mol. The van der Waals surface area contributed by atoms with Gasteiger partial charge in [-0.3, -0.25) is 4.79 Å². The van der Waals surface area contributed by atoms with Crippen molar-refractivity contribution in [2.24, 2.45) is 0 Å². The van der Waals surface area contributed by atoms with E-state index in [0.717, 1.165) is 6.42 Å². The van der Waals surface area contributed by atoms with Crippen LogP contribution in [0.4, 0.5) is 9.52 Å². The van der Waals surface area contributed by atoms with E-state index < -0.39 is 27.8 Å². The number of piperidine rings is 1. The van der Waals surface area contributed by atoms with Crippen molar-refractivity contribution >= 4 is 32.4 Å². The molecule has 10 heteroatoms. The molecule has 2 aromatic carbocycles. The highest BCUT2D eigenvalue weighted by Crippen LogP contribution is 2.33. The van der Waals surface area contributed by atoms with Gasteiger partial charge >= 0.3 is 0 Å². The summed E-state index contributed by atoms with van der Waals surface area (Å²) in [6, 6.07) is 11.4. The standard InChI is InChI=1S/C22H22FN3O4S2/c1-30-20-11-10-15(23)13-17(20)18-14-31-22(24-18)25-21(27)19-9-5-6-12-26(19)32(28,29)16-7-3-2-4-8-16/h2-4,7-8,10-11,13-14,19H,5-6,9,12H2,1H3,(H,24,25,27). The lowest BCUT2D eigenvalue weighted by molar-refractivity contribution is -0.120. The molecule has 4 rings (SSSR count). The first-order valence-corrected chi connectivity index (χ1v) is 12.4. The summed E-state index contributed by atoms with van der Waals surface area (Å²) < 4.78 is 46.5. The van der Waals surface area contributed by atoms with Gasteiger partial charge in [-0.15, -0.1) is 11.3 Å². The number of rotatable bonds is 6. The van der Waals surface area contributed by atoms with Crippen molar-refractivity contribution in [2.45, 2.75) is 30.2 Å². The number of aromatic nitrogens is 1. The van der Waals surface area contributed by atoms with E-state index in [9.17, 15) is 17.6 Å². The van der Waals surface area contributed by atoms with Crippen LogP contribution >= 0.6 is 11.3 Å². The number of hydrogen-bond donors (Lipinski definition) is 1. The van der Waals surface area contributed by atoms with Crippen LogP contribution in [0.15, 0.2) is 58.8 Å². The minimum absolute atomic E-state index is 0.162. The number of halogens is 1. The van der Waals surface area contributed by atoms with E-state index in [0.29, 0.717) is 35.0 Å². The lowest BCUT2D eigenvalue weighted by atomic mass is 10.0. The average Bonchev–Trinajstić information content (AvgIpc) is 3.28. The van der Waals surface area contributed by atoms with E-state index in [1.165, 1.54) is 53.1 Å². The number of thiazole rings is 1. The number of carbonyl (C=O) groups excluding carboxylic acids is 1. The van der Waals surface area contributed by atoms with Gasteiger partial charge in [-0.05, 0) is 43.2 Å². The minimum Gasteiger partial charge on any atom is -0.496 e. The number of methoxy groups -OCH3 is 1. The van der Waals surface area contributed by atoms with Crippen LogP contribution < -0.4 is 10.1 Å². The van der Waals surface area contributed by atoms with Gasteiger partial charge < -0.3 is 10.1 Å². The van der Waals surface area contributed by atoms with Crippen LogP contribution in [0.5, 0.6) is 5.75 Å². The molecule has 0 spiro atoms. The van der Waals surface area contributed by atoms with Crippen molar-refractivity contribution in [3.8, 4) is 17.0 Å². The molecule has 0 bridgehead atoms. The molecule has 0 saturated carbocycles. The predicted molar refractivity (Wildman–Crippen MR) is 121 cm³/mol. The minimum atomic E-state index is -3.80. The molecule has 0 radical (unpaired) electrons. The maximum absolute atomic E-state index is 13.7. The number of ether oxygens (including phenoxy) is 1. The van der Waals surface area contributed by atoms with Gasteiger partial charge in [0.2, 0.25) is 15.9 Å². The normalized spacial score (nSPS) is 17.1. The molecule has 3 aromatic rings. The monoisotopic (exact) mass is 475 g/mol. The highest BCUT2D eigenvalue weighted by molar-refractivity contribution is 7.89. The Hall–Kier alpha value is -2.82. The summed E-state index contributed by atoms with van der Waals surface area (Å²) in [6.45, 7) is 0.277. The fourth-order valence-electron chi connectivity index (χ4n) is 3.71. The molecule has 1 atom stereocenters. The highest BCUT2D eigenvalue weighted by Gasteiger charge is 2.37. The Bertz CT molecular complexity index is 1210. The van der Waals surface area contributed by atoms with Crippen molar-refractivity contribution < 1.29 is 22.3 Å². The highest BCUT2D eigenvalue weighted by atomic mass is 32.2. The van der Waals surface area contributed by atoms with E-state index in [1.54, 1.807) is 23.6 Å². The van der Waals surface area contributed by atoms with Crippen molar-refractivity contribution in [3.63, 3.8) is 0 Å². The summed E-state index contributed by atoms with van der Waals surface area (Å²) in [6.07, 6.45) is 1.87. The van der Waals surface area contributed by atoms with Crippen molar-refractivity contribution in [2.75, 3.05) is 19.0 Å². The molecule has 1 aliphatic heterocycles. The van der Waals surface area contributed by atoms with Gasteiger partial charge in [-0.25, -0.2) is 17.8 Å². The molecule has 7 nitrogen and oxygen atoms in total. The van der Waals surface area contributed by atoms with Crippen LogP contribution in [-0.4, -0.2) is 43.3 Å². The lowest BCUT2D eigenvalue weighted by Gasteiger charge is -2.33. The van der Waals surface area contributed by atoms with Gasteiger partial charge in [0.25, 0.3) is 0 Å². The number of benzene rings is 2. The fraction of sp³-hybridized carbons (Fsp3) is 0.273. The maximum atomic E-state index is 13.7. The fourth-order valence-corrected chi connectivity index (χ4v) is 6.10. The van der Waals surface area contributed by atoms with Crippen LogP contribution in [0.1, 0.15) is 19.3 Å². The molecule has 1 N–H and O–H groups in total. The molecule has 0 aliphatic carbocycles. The van der Waals surface area contributed by atoms with Gasteiger partial charge in [-0.2, -0.15) is 4.31 Å². The SMILES string of the molecule is COc1ccc(F)cc1-c1csc(NC(=O)C2CCCCN2S(=O)(=O)c2ccccc2)n1. The Kier molecular flexibility index (Phi) is 6.54. The van der Waals surface area contributed by atoms with Crippen LogP contribution in [0.3, 0.4) is 0 Å². The topological polar surface area (TPSA) is 88.6 Å². The zero-order chi connectivity index (χ0) is 22.7. The van der Waals surface area contributed by atoms with Crippen molar-refractivity contribution in [3.05, 3.63) is 59.7 Å². The summed E-state index contributed by atoms with van der Waals surface area (Å²) in [7, 11) is -2.32. The zero-order valence-electron chi connectivity index (χ0n) is 17.3. The van der Waals surface area contributed by atoms with E-state index in [2.05, 4.69) is 10.3 Å². The lowest BCUT2D eigenvalue weighted by Crippen LogP contribution is -2.49. The molecule has 1 unspecified atom stereocenters. The molecule has 32 heavy (non-hydrogen) atoms. The van der Waals surface area contributed by atoms with E-state index in [1.807, 2.05) is 0 Å². The third-order valence-corrected chi connectivity index (χ3v) is 7.96. The number of sulfonamides is 1. The second-order valence-electron chi connectivity index (χ2n) is 7.31. The first kappa shape index (κ1) is 22.4. The third kappa shape index (κ3) is 4.52. The number of nitrogens with one attached hydrogen (secondary N) is 1. The second-order valence-corrected chi connectivity index (χ2v) is 10.1. The summed E-state index contributed by atoms with van der Waals surface area (Å²) in [4.78, 5) is 17.6. The zero-order valence-corrected chi connectivity index (χ0v) is 19.0. The number of carbonyl (C=O) groups is 1. The number of anilines is 1. The van der Waals surface area contributed by atoms with Gasteiger partial charge in [0, 0.05) is 17.5 Å². The Morgan fingerprint density at radius 3 is 2.75 bits per heavy atom. The average molecular weight is 476 g/mol. The first-order chi connectivity index (χ1) is 15.4. The number of hydrogen-bond acceptors (Lipinski definition) is 6. The molecule has 1 aromatic heterocycles. The smallest absolute Gasteiger partial charge is 0.244 e. The predicted octanol–water partition coefficient (Wildman–Crippen LogP) is 4.14. The number of nitrogens with zero attached hydrogens (tertiary/aromatic N) is 2. The Morgan fingerprint density at radius 1 is 1.22 bits per heavy atom. The van der Waals surface area contributed by atoms with Crippen LogP contribution in [-0.2, 0) is 14.8 Å². The van der Waals surface area contributed by atoms with Gasteiger partial charge in [-0.1, -0.05) is 24.6 Å². The summed E-state index contributed by atoms with van der Waals surface area (Å²) in [5, 5.41) is 4.73. The first-order valence-electron chi connectivity index (χ1n) is 10.1. The summed E-state index contributed by atoms with van der Waals surface area (Å²) in [5.74, 6) is -0.401. The molecule has 1 fully saturated rings. The molecule has 168 valence electrons. The van der Waals surface area contributed by atoms with E-state index >= 15 is 0 Å². The largest absolute Gasteiger partial charge is 0.496 e. The van der Waals surface area contributed by atoms with E-state index in [-0.39, 0.29) is 11.4 Å². The number of amides is 1. The van der Waals surface area contributed by atoms with Gasteiger partial charge in [0.05, 0.1) is 17.7 Å². The van der Waals surface area contributed by atoms with Crippen molar-refractivity contribution in [1.29, 1.82) is 0 Å². The molecule has 1 aliphatic rings. The quantitative estimate of drug-likeness (QED) is 0.579. The van der Waals surface area contributed by atoms with E-state index in [4.69, 9.17) is 4.74 Å². The van der Waals surface area contributed by atoms with Crippen LogP contribution in [0.2, 0.25) is 0 Å². The summed E-state index contributed by atoms with van der Waals surface area (Å²) >= 11 is 1.18. The van der Waals surface area contributed by atoms with Crippen LogP contribution in [0, 0.1) is 5.82 Å². The molecule has 1 amide bonds. The molecule has 1 saturated heterocycles. The summed E-state index contributed by atoms with van der Waals surface area (Å²) in [5.41, 5.74) is 0.925. The van der Waals surface area contributed by atoms with Crippen LogP contribution in [0.25, 0.3) is 11.3 Å². The third-order valence-electron chi connectivity index (χ3n) is 5.28. The van der Waals surface area contributed by atoms with Gasteiger partial charge in [0.15, 0.2) is 5.13 Å². The van der Waals surface area contributed by atoms with Gasteiger partial charge in [0.1, 0.15) is 17.6 Å².